The molecule has 0 saturated carbocycles. The third kappa shape index (κ3) is 6.50. The molecular formula is C28H29Cl2N3O3. The monoisotopic (exact) mass is 525 g/mol. The topological polar surface area (TPSA) is 80.0 Å². The van der Waals surface area contributed by atoms with Crippen molar-refractivity contribution < 1.29 is 14.9 Å². The Morgan fingerprint density at radius 1 is 1.03 bits per heavy atom. The van der Waals surface area contributed by atoms with Gasteiger partial charge in [0.25, 0.3) is 0 Å². The maximum absolute atomic E-state index is 10.9. The molecule has 4 rings (SSSR count). The van der Waals surface area contributed by atoms with Crippen molar-refractivity contribution in [3.63, 3.8) is 0 Å². The summed E-state index contributed by atoms with van der Waals surface area (Å²) in [6, 6.07) is 22.6. The number of hydrogen-bond acceptors (Lipinski definition) is 6. The minimum atomic E-state index is -0.663. The molecule has 0 bridgehead atoms. The summed E-state index contributed by atoms with van der Waals surface area (Å²) in [4.78, 5) is 4.52. The van der Waals surface area contributed by atoms with Gasteiger partial charge in [-0.1, -0.05) is 47.5 Å². The molecule has 1 heterocycles. The number of β-amino-alcohol motifs (C(OH)–C–C–N with tert-alkyl or cyclic N) is 1. The summed E-state index contributed by atoms with van der Waals surface area (Å²) in [5.41, 5.74) is 3.35. The number of piperazine rings is 1. The molecule has 0 aromatic heterocycles. The number of nitrogens with zero attached hydrogens (tertiary/aromatic N) is 3. The zero-order valence-corrected chi connectivity index (χ0v) is 21.5. The van der Waals surface area contributed by atoms with Crippen LogP contribution in [-0.4, -0.2) is 54.0 Å². The highest BCUT2D eigenvalue weighted by atomic mass is 35.5. The first kappa shape index (κ1) is 26.3. The molecule has 0 amide bonds. The summed E-state index contributed by atoms with van der Waals surface area (Å²) >= 11 is 12.9. The fourth-order valence-electron chi connectivity index (χ4n) is 4.42. The Morgan fingerprint density at radius 2 is 1.75 bits per heavy atom. The SMILES string of the molecule is C[C@@H](O)COc1ccc(N2CCN(C[C@@H](O)c3ccc(C#N)cc3)C[C@H]2c2ccc(Cl)cc2)c(Cl)c1. The second kappa shape index (κ2) is 12.0. The standard InChI is InChI=1S/C28H29Cl2N3O3/c1-19(34)18-36-24-10-11-26(25(30)14-24)33-13-12-32(16-27(33)21-6-8-23(29)9-7-21)17-28(35)22-4-2-20(15-31)3-5-22/h2-11,14,19,27-28,34-35H,12-13,16-18H2,1H3/t19-,27+,28-/m1/s1. The Hall–Kier alpha value is -2.79. The number of rotatable bonds is 8. The third-order valence-corrected chi connectivity index (χ3v) is 6.85. The highest BCUT2D eigenvalue weighted by Crippen LogP contribution is 2.37. The van der Waals surface area contributed by atoms with E-state index >= 15 is 0 Å². The number of ether oxygens (including phenoxy) is 1. The summed E-state index contributed by atoms with van der Waals surface area (Å²) in [7, 11) is 0. The molecule has 0 spiro atoms. The minimum Gasteiger partial charge on any atom is -0.491 e. The molecule has 36 heavy (non-hydrogen) atoms. The average Bonchev–Trinajstić information content (AvgIpc) is 2.88. The maximum atomic E-state index is 10.9. The van der Waals surface area contributed by atoms with E-state index in [1.807, 2.05) is 36.4 Å². The smallest absolute Gasteiger partial charge is 0.121 e. The Balaban J connectivity index is 1.54. The van der Waals surface area contributed by atoms with Crippen LogP contribution in [0.5, 0.6) is 5.75 Å². The van der Waals surface area contributed by atoms with Gasteiger partial charge in [0, 0.05) is 37.3 Å². The lowest BCUT2D eigenvalue weighted by Gasteiger charge is -2.44. The van der Waals surface area contributed by atoms with E-state index in [-0.39, 0.29) is 12.6 Å². The van der Waals surface area contributed by atoms with Crippen molar-refractivity contribution >= 4 is 28.9 Å². The normalized spacial score (nSPS) is 17.9. The number of aliphatic hydroxyl groups is 2. The molecule has 3 aromatic rings. The number of aliphatic hydroxyl groups excluding tert-OH is 2. The van der Waals surface area contributed by atoms with Crippen LogP contribution in [0.15, 0.2) is 66.7 Å². The predicted octanol–water partition coefficient (Wildman–Crippen LogP) is 5.22. The third-order valence-electron chi connectivity index (χ3n) is 6.29. The summed E-state index contributed by atoms with van der Waals surface area (Å²) in [5, 5.41) is 30.6. The summed E-state index contributed by atoms with van der Waals surface area (Å²) in [5.74, 6) is 0.608. The van der Waals surface area contributed by atoms with Crippen molar-refractivity contribution in [2.75, 3.05) is 37.7 Å². The van der Waals surface area contributed by atoms with E-state index in [1.165, 1.54) is 0 Å². The van der Waals surface area contributed by atoms with Crippen LogP contribution in [0.1, 0.15) is 35.8 Å². The van der Waals surface area contributed by atoms with Gasteiger partial charge >= 0.3 is 0 Å². The average molecular weight is 526 g/mol. The second-order valence-corrected chi connectivity index (χ2v) is 9.89. The van der Waals surface area contributed by atoms with E-state index < -0.39 is 12.2 Å². The van der Waals surface area contributed by atoms with Crippen molar-refractivity contribution in [1.82, 2.24) is 4.90 Å². The molecule has 1 fully saturated rings. The lowest BCUT2D eigenvalue weighted by atomic mass is 10.00. The summed E-state index contributed by atoms with van der Waals surface area (Å²) in [6.45, 7) is 4.48. The lowest BCUT2D eigenvalue weighted by Crippen LogP contribution is -2.49. The first-order chi connectivity index (χ1) is 17.3. The molecule has 0 unspecified atom stereocenters. The predicted molar refractivity (Wildman–Crippen MR) is 143 cm³/mol. The van der Waals surface area contributed by atoms with Crippen LogP contribution in [0.2, 0.25) is 10.0 Å². The highest BCUT2D eigenvalue weighted by Gasteiger charge is 2.31. The quantitative estimate of drug-likeness (QED) is 0.419. The van der Waals surface area contributed by atoms with Crippen molar-refractivity contribution in [3.05, 3.63) is 93.5 Å². The molecular weight excluding hydrogens is 497 g/mol. The van der Waals surface area contributed by atoms with Crippen molar-refractivity contribution in [2.45, 2.75) is 25.2 Å². The van der Waals surface area contributed by atoms with E-state index in [0.717, 1.165) is 23.4 Å². The molecule has 188 valence electrons. The first-order valence-electron chi connectivity index (χ1n) is 11.9. The fraction of sp³-hybridized carbons (Fsp3) is 0.321. The van der Waals surface area contributed by atoms with E-state index in [4.69, 9.17) is 33.2 Å². The van der Waals surface area contributed by atoms with Gasteiger partial charge in [-0.3, -0.25) is 4.90 Å². The number of hydrogen-bond donors (Lipinski definition) is 2. The molecule has 0 radical (unpaired) electrons. The van der Waals surface area contributed by atoms with Crippen molar-refractivity contribution in [3.8, 4) is 11.8 Å². The van der Waals surface area contributed by atoms with Crippen LogP contribution in [0.4, 0.5) is 5.69 Å². The van der Waals surface area contributed by atoms with Crippen molar-refractivity contribution in [1.29, 1.82) is 5.26 Å². The Labute approximate surface area is 221 Å². The number of halogens is 2. The van der Waals surface area contributed by atoms with Gasteiger partial charge < -0.3 is 19.8 Å². The number of anilines is 1. The Morgan fingerprint density at radius 3 is 2.39 bits per heavy atom. The Bertz CT molecular complexity index is 1200. The second-order valence-electron chi connectivity index (χ2n) is 9.04. The van der Waals surface area contributed by atoms with Gasteiger partial charge in [0.2, 0.25) is 0 Å². The van der Waals surface area contributed by atoms with Crippen LogP contribution in [0.25, 0.3) is 0 Å². The van der Waals surface area contributed by atoms with Gasteiger partial charge in [-0.15, -0.1) is 0 Å². The van der Waals surface area contributed by atoms with Crippen LogP contribution in [0.3, 0.4) is 0 Å². The van der Waals surface area contributed by atoms with Gasteiger partial charge in [-0.05, 0) is 54.4 Å². The fourth-order valence-corrected chi connectivity index (χ4v) is 4.83. The number of nitriles is 1. The van der Waals surface area contributed by atoms with E-state index in [1.54, 1.807) is 37.3 Å². The highest BCUT2D eigenvalue weighted by molar-refractivity contribution is 6.33. The molecule has 3 atom stereocenters. The zero-order valence-electron chi connectivity index (χ0n) is 20.0. The van der Waals surface area contributed by atoms with E-state index in [9.17, 15) is 10.2 Å². The lowest BCUT2D eigenvalue weighted by molar-refractivity contribution is 0.100. The van der Waals surface area contributed by atoms with Crippen LogP contribution < -0.4 is 9.64 Å². The Kier molecular flexibility index (Phi) is 8.73. The van der Waals surface area contributed by atoms with Gasteiger partial charge in [-0.25, -0.2) is 0 Å². The van der Waals surface area contributed by atoms with Crippen LogP contribution >= 0.6 is 23.2 Å². The van der Waals surface area contributed by atoms with Gasteiger partial charge in [0.1, 0.15) is 12.4 Å². The summed E-state index contributed by atoms with van der Waals surface area (Å²) in [6.07, 6.45) is -1.23. The maximum Gasteiger partial charge on any atom is 0.121 e. The van der Waals surface area contributed by atoms with Crippen molar-refractivity contribution in [2.24, 2.45) is 0 Å². The molecule has 8 heteroatoms. The van der Waals surface area contributed by atoms with Crippen LogP contribution in [-0.2, 0) is 0 Å². The number of benzene rings is 3. The molecule has 1 aliphatic rings. The first-order valence-corrected chi connectivity index (χ1v) is 12.6. The molecule has 6 nitrogen and oxygen atoms in total. The molecule has 1 aliphatic heterocycles. The van der Waals surface area contributed by atoms with Gasteiger partial charge in [0.05, 0.1) is 40.6 Å². The molecule has 0 aliphatic carbocycles. The van der Waals surface area contributed by atoms with Crippen LogP contribution in [0, 0.1) is 11.3 Å². The van der Waals surface area contributed by atoms with Gasteiger partial charge in [-0.2, -0.15) is 5.26 Å². The summed E-state index contributed by atoms with van der Waals surface area (Å²) < 4.78 is 5.61. The van der Waals surface area contributed by atoms with E-state index in [0.29, 0.717) is 41.0 Å². The minimum absolute atomic E-state index is 0.00841. The zero-order chi connectivity index (χ0) is 25.7. The van der Waals surface area contributed by atoms with Gasteiger partial charge in [0.15, 0.2) is 0 Å². The molecule has 2 N–H and O–H groups in total. The molecule has 1 saturated heterocycles. The molecule has 3 aromatic carbocycles. The van der Waals surface area contributed by atoms with E-state index in [2.05, 4.69) is 15.9 Å². The largest absolute Gasteiger partial charge is 0.491 e.